The zero-order valence-electron chi connectivity index (χ0n) is 11.8. The van der Waals surface area contributed by atoms with Gasteiger partial charge in [-0.2, -0.15) is 0 Å². The van der Waals surface area contributed by atoms with E-state index >= 15 is 0 Å². The molecule has 1 aromatic rings. The molecule has 2 aliphatic heterocycles. The summed E-state index contributed by atoms with van der Waals surface area (Å²) in [5.74, 6) is -0.957. The summed E-state index contributed by atoms with van der Waals surface area (Å²) in [6.45, 7) is 2.99. The Kier molecular flexibility index (Phi) is 3.72. The van der Waals surface area contributed by atoms with Crippen LogP contribution in [-0.2, 0) is 6.54 Å². The van der Waals surface area contributed by atoms with E-state index in [-0.39, 0.29) is 5.69 Å². The van der Waals surface area contributed by atoms with Crippen molar-refractivity contribution < 1.29 is 9.90 Å². The molecule has 0 spiro atoms. The Labute approximate surface area is 119 Å². The largest absolute Gasteiger partial charge is 0.477 e. The molecule has 0 amide bonds. The van der Waals surface area contributed by atoms with E-state index in [1.54, 1.807) is 12.3 Å². The number of carboxylic acid groups (broad SMARTS) is 1. The summed E-state index contributed by atoms with van der Waals surface area (Å²) >= 11 is 0. The van der Waals surface area contributed by atoms with E-state index in [0.29, 0.717) is 6.04 Å². The molecule has 0 radical (unpaired) electrons. The number of carbonyl (C=O) groups is 1. The summed E-state index contributed by atoms with van der Waals surface area (Å²) < 4.78 is 0. The van der Waals surface area contributed by atoms with Crippen LogP contribution in [0.5, 0.6) is 0 Å². The van der Waals surface area contributed by atoms with Crippen LogP contribution in [0.3, 0.4) is 0 Å². The Balaban J connectivity index is 1.69. The fraction of sp³-hybridized carbons (Fsp3) is 0.600. The Morgan fingerprint density at radius 3 is 3.00 bits per heavy atom. The van der Waals surface area contributed by atoms with Gasteiger partial charge in [0.1, 0.15) is 5.69 Å². The van der Waals surface area contributed by atoms with Crippen LogP contribution < -0.4 is 0 Å². The first-order chi connectivity index (χ1) is 9.63. The van der Waals surface area contributed by atoms with Crippen LogP contribution in [0.4, 0.5) is 0 Å². The van der Waals surface area contributed by atoms with Gasteiger partial charge in [0.2, 0.25) is 0 Å². The molecule has 0 aliphatic carbocycles. The van der Waals surface area contributed by atoms with E-state index in [2.05, 4.69) is 21.8 Å². The first kappa shape index (κ1) is 13.5. The van der Waals surface area contributed by atoms with Crippen molar-refractivity contribution in [2.24, 2.45) is 0 Å². The van der Waals surface area contributed by atoms with Crippen LogP contribution >= 0.6 is 0 Å². The molecular weight excluding hydrogens is 254 g/mol. The number of hydrogen-bond acceptors (Lipinski definition) is 4. The zero-order valence-corrected chi connectivity index (χ0v) is 11.8. The SMILES string of the molecule is CN1C2CCC1CN(Cc1ccnc(C(=O)O)c1)CC2. The van der Waals surface area contributed by atoms with Gasteiger partial charge in [-0.1, -0.05) is 0 Å². The van der Waals surface area contributed by atoms with Gasteiger partial charge in [0.15, 0.2) is 0 Å². The van der Waals surface area contributed by atoms with Gasteiger partial charge in [-0.15, -0.1) is 0 Å². The number of carboxylic acids is 1. The number of likely N-dealkylation sites (tertiary alicyclic amines) is 1. The molecule has 2 unspecified atom stereocenters. The first-order valence-electron chi connectivity index (χ1n) is 7.26. The van der Waals surface area contributed by atoms with Gasteiger partial charge in [0, 0.05) is 37.9 Å². The highest BCUT2D eigenvalue weighted by Crippen LogP contribution is 2.28. The van der Waals surface area contributed by atoms with Gasteiger partial charge in [0.25, 0.3) is 0 Å². The van der Waals surface area contributed by atoms with Crippen molar-refractivity contribution in [1.82, 2.24) is 14.8 Å². The van der Waals surface area contributed by atoms with Crippen molar-refractivity contribution in [2.45, 2.75) is 37.9 Å². The average molecular weight is 275 g/mol. The second-order valence-corrected chi connectivity index (χ2v) is 5.93. The average Bonchev–Trinajstić information content (AvgIpc) is 2.67. The lowest BCUT2D eigenvalue weighted by Crippen LogP contribution is -2.36. The summed E-state index contributed by atoms with van der Waals surface area (Å²) in [5, 5.41) is 9.00. The lowest BCUT2D eigenvalue weighted by atomic mass is 10.1. The van der Waals surface area contributed by atoms with Crippen LogP contribution in [0.15, 0.2) is 18.3 Å². The molecule has 2 saturated heterocycles. The molecule has 5 heteroatoms. The normalized spacial score (nSPS) is 27.4. The van der Waals surface area contributed by atoms with E-state index in [9.17, 15) is 4.79 Å². The zero-order chi connectivity index (χ0) is 14.1. The van der Waals surface area contributed by atoms with Gasteiger partial charge in [-0.25, -0.2) is 9.78 Å². The van der Waals surface area contributed by atoms with E-state index in [0.717, 1.165) is 31.2 Å². The molecule has 3 rings (SSSR count). The predicted octanol–water partition coefficient (Wildman–Crippen LogP) is 1.45. The highest BCUT2D eigenvalue weighted by Gasteiger charge is 2.34. The number of pyridine rings is 1. The van der Waals surface area contributed by atoms with Crippen molar-refractivity contribution >= 4 is 5.97 Å². The molecule has 2 fully saturated rings. The van der Waals surface area contributed by atoms with Gasteiger partial charge in [-0.05, 0) is 44.0 Å². The molecule has 108 valence electrons. The quantitative estimate of drug-likeness (QED) is 0.905. The fourth-order valence-corrected chi connectivity index (χ4v) is 3.47. The minimum Gasteiger partial charge on any atom is -0.477 e. The lowest BCUT2D eigenvalue weighted by Gasteiger charge is -2.25. The number of nitrogens with zero attached hydrogens (tertiary/aromatic N) is 3. The third-order valence-electron chi connectivity index (χ3n) is 4.68. The number of hydrogen-bond donors (Lipinski definition) is 1. The molecule has 1 N–H and O–H groups in total. The van der Waals surface area contributed by atoms with Gasteiger partial charge >= 0.3 is 5.97 Å². The molecule has 5 nitrogen and oxygen atoms in total. The molecule has 2 bridgehead atoms. The number of likely N-dealkylation sites (N-methyl/N-ethyl adjacent to an activating group) is 1. The fourth-order valence-electron chi connectivity index (χ4n) is 3.47. The van der Waals surface area contributed by atoms with Crippen LogP contribution in [-0.4, -0.2) is 58.1 Å². The van der Waals surface area contributed by atoms with Crippen LogP contribution in [0.1, 0.15) is 35.3 Å². The molecule has 2 atom stereocenters. The molecule has 1 aromatic heterocycles. The maximum absolute atomic E-state index is 11.0. The topological polar surface area (TPSA) is 56.7 Å². The smallest absolute Gasteiger partial charge is 0.354 e. The second-order valence-electron chi connectivity index (χ2n) is 5.93. The van der Waals surface area contributed by atoms with Crippen molar-refractivity contribution in [3.05, 3.63) is 29.6 Å². The molecule has 3 heterocycles. The van der Waals surface area contributed by atoms with Crippen molar-refractivity contribution in [2.75, 3.05) is 20.1 Å². The van der Waals surface area contributed by atoms with Crippen LogP contribution in [0.2, 0.25) is 0 Å². The maximum Gasteiger partial charge on any atom is 0.354 e. The highest BCUT2D eigenvalue weighted by molar-refractivity contribution is 5.85. The monoisotopic (exact) mass is 275 g/mol. The molecule has 2 aliphatic rings. The van der Waals surface area contributed by atoms with Crippen molar-refractivity contribution in [3.8, 4) is 0 Å². The molecule has 20 heavy (non-hydrogen) atoms. The Morgan fingerprint density at radius 1 is 1.40 bits per heavy atom. The minimum atomic E-state index is -0.957. The molecule has 0 aromatic carbocycles. The molecule has 0 saturated carbocycles. The lowest BCUT2D eigenvalue weighted by molar-refractivity contribution is 0.0690. The van der Waals surface area contributed by atoms with E-state index in [1.807, 2.05) is 6.07 Å². The number of rotatable bonds is 3. The van der Waals surface area contributed by atoms with E-state index in [1.165, 1.54) is 19.3 Å². The summed E-state index contributed by atoms with van der Waals surface area (Å²) in [4.78, 5) is 19.8. The van der Waals surface area contributed by atoms with E-state index in [4.69, 9.17) is 5.11 Å². The maximum atomic E-state index is 11.0. The summed E-state index contributed by atoms with van der Waals surface area (Å²) in [6, 6.07) is 4.99. The molecular formula is C15H21N3O2. The Hall–Kier alpha value is -1.46. The predicted molar refractivity (Wildman–Crippen MR) is 75.7 cm³/mol. The summed E-state index contributed by atoms with van der Waals surface area (Å²) in [5.41, 5.74) is 1.17. The van der Waals surface area contributed by atoms with Crippen LogP contribution in [0, 0.1) is 0 Å². The summed E-state index contributed by atoms with van der Waals surface area (Å²) in [7, 11) is 2.24. The first-order valence-corrected chi connectivity index (χ1v) is 7.26. The van der Waals surface area contributed by atoms with Crippen molar-refractivity contribution in [3.63, 3.8) is 0 Å². The number of aromatic carboxylic acids is 1. The Morgan fingerprint density at radius 2 is 2.20 bits per heavy atom. The van der Waals surface area contributed by atoms with Gasteiger partial charge < -0.3 is 5.11 Å². The van der Waals surface area contributed by atoms with Gasteiger partial charge in [0.05, 0.1) is 0 Å². The van der Waals surface area contributed by atoms with Crippen molar-refractivity contribution in [1.29, 1.82) is 0 Å². The Bertz CT molecular complexity index is 506. The third-order valence-corrected chi connectivity index (χ3v) is 4.68. The second kappa shape index (κ2) is 5.50. The highest BCUT2D eigenvalue weighted by atomic mass is 16.4. The van der Waals surface area contributed by atoms with Gasteiger partial charge in [-0.3, -0.25) is 9.80 Å². The number of aromatic nitrogens is 1. The van der Waals surface area contributed by atoms with Crippen LogP contribution in [0.25, 0.3) is 0 Å². The standard InChI is InChI=1S/C15H21N3O2/c1-17-12-2-3-13(17)10-18(7-5-12)9-11-4-6-16-14(8-11)15(19)20/h4,6,8,12-13H,2-3,5,7,9-10H2,1H3,(H,19,20). The third kappa shape index (κ3) is 2.69. The minimum absolute atomic E-state index is 0.135. The van der Waals surface area contributed by atoms with E-state index < -0.39 is 5.97 Å². The number of fused-ring (bicyclic) bond motifs is 2. The summed E-state index contributed by atoms with van der Waals surface area (Å²) in [6.07, 6.45) is 5.42.